The van der Waals surface area contributed by atoms with Gasteiger partial charge in [0.15, 0.2) is 0 Å². The Morgan fingerprint density at radius 1 is 1.19 bits per heavy atom. The molecule has 0 aliphatic heterocycles. The van der Waals surface area contributed by atoms with E-state index in [2.05, 4.69) is 56.5 Å². The molecule has 3 heterocycles. The summed E-state index contributed by atoms with van der Waals surface area (Å²) in [4.78, 5) is 9.77. The molecule has 3 aromatic rings. The highest BCUT2D eigenvalue weighted by Crippen LogP contribution is 2.45. The van der Waals surface area contributed by atoms with Crippen LogP contribution >= 0.6 is 34.0 Å². The quantitative estimate of drug-likeness (QED) is 0.417. The first kappa shape index (κ1) is 18.6. The largest absolute Gasteiger partial charge is 0.243 e. The third-order valence-electron chi connectivity index (χ3n) is 5.28. The molecule has 0 N–H and O–H groups in total. The van der Waals surface area contributed by atoms with E-state index in [9.17, 15) is 5.26 Å². The molecule has 4 rings (SSSR count). The summed E-state index contributed by atoms with van der Waals surface area (Å²) in [5.74, 6) is 0.678. The first-order valence-corrected chi connectivity index (χ1v) is 11.7. The van der Waals surface area contributed by atoms with Gasteiger partial charge in [-0.1, -0.05) is 26.8 Å². The van der Waals surface area contributed by atoms with Crippen LogP contribution in [0.5, 0.6) is 0 Å². The van der Waals surface area contributed by atoms with Crippen molar-refractivity contribution in [2.24, 2.45) is 16.3 Å². The molecule has 0 unspecified atom stereocenters. The zero-order chi connectivity index (χ0) is 19.0. The molecule has 138 valence electrons. The number of thiophene rings is 3. The van der Waals surface area contributed by atoms with Gasteiger partial charge in [0, 0.05) is 25.7 Å². The van der Waals surface area contributed by atoms with Crippen molar-refractivity contribution in [1.82, 2.24) is 0 Å². The molecule has 2 nitrogen and oxygen atoms in total. The maximum atomic E-state index is 9.70. The Bertz CT molecular complexity index is 1010. The zero-order valence-electron chi connectivity index (χ0n) is 15.8. The molecule has 0 radical (unpaired) electrons. The summed E-state index contributed by atoms with van der Waals surface area (Å²) in [6.07, 6.45) is 5.17. The van der Waals surface area contributed by atoms with Crippen LogP contribution in [0, 0.1) is 22.7 Å². The fourth-order valence-electron chi connectivity index (χ4n) is 3.61. The van der Waals surface area contributed by atoms with Gasteiger partial charge in [-0.15, -0.1) is 34.0 Å². The Balaban J connectivity index is 1.59. The Hall–Kier alpha value is -1.74. The predicted octanol–water partition coefficient (Wildman–Crippen LogP) is 7.31. The van der Waals surface area contributed by atoms with Crippen LogP contribution in [-0.2, 0) is 12.8 Å². The van der Waals surface area contributed by atoms with Gasteiger partial charge in [-0.05, 0) is 59.7 Å². The summed E-state index contributed by atoms with van der Waals surface area (Å²) in [6.45, 7) is 6.97. The number of rotatable bonds is 3. The molecule has 0 aromatic carbocycles. The number of nitrogens with zero attached hydrogens (tertiary/aromatic N) is 2. The van der Waals surface area contributed by atoms with Crippen LogP contribution in [0.2, 0.25) is 0 Å². The third-order valence-corrected chi connectivity index (χ3v) is 8.53. The summed E-state index contributed by atoms with van der Waals surface area (Å²) >= 11 is 5.22. The highest BCUT2D eigenvalue weighted by Gasteiger charge is 2.32. The standard InChI is InChI=1S/C22H22N2S3/c1-22(2,3)14-6-8-16-17(12-23)21(27-20(16)11-14)24-13-15-7-9-19(26-15)18-5-4-10-25-18/h4-5,7,9-10,13-14H,6,8,11H2,1-3H3/t14-/m1/s1. The summed E-state index contributed by atoms with van der Waals surface area (Å²) in [5.41, 5.74) is 2.36. The fourth-order valence-corrected chi connectivity index (χ4v) is 6.55. The molecule has 27 heavy (non-hydrogen) atoms. The SMILES string of the molecule is CC(C)(C)[C@@H]1CCc2c(sc(N=Cc3ccc(-c4cccs4)s3)c2C#N)C1. The third kappa shape index (κ3) is 3.80. The van der Waals surface area contributed by atoms with Gasteiger partial charge in [-0.25, -0.2) is 4.99 Å². The molecule has 0 saturated heterocycles. The molecular weight excluding hydrogens is 388 g/mol. The maximum Gasteiger partial charge on any atom is 0.134 e. The van der Waals surface area contributed by atoms with Gasteiger partial charge in [0.1, 0.15) is 11.1 Å². The number of nitriles is 1. The minimum Gasteiger partial charge on any atom is -0.243 e. The second-order valence-corrected chi connectivity index (χ2v) is 11.2. The second-order valence-electron chi connectivity index (χ2n) is 8.04. The van der Waals surface area contributed by atoms with Crippen LogP contribution in [0.3, 0.4) is 0 Å². The molecular formula is C22H22N2S3. The van der Waals surface area contributed by atoms with E-state index in [1.165, 1.54) is 26.6 Å². The number of fused-ring (bicyclic) bond motifs is 1. The molecule has 0 spiro atoms. The van der Waals surface area contributed by atoms with Gasteiger partial charge in [-0.2, -0.15) is 5.26 Å². The monoisotopic (exact) mass is 410 g/mol. The fraction of sp³-hybridized carbons (Fsp3) is 0.364. The average molecular weight is 411 g/mol. The van der Waals surface area contributed by atoms with Crippen molar-refractivity contribution in [3.8, 4) is 15.8 Å². The van der Waals surface area contributed by atoms with Crippen molar-refractivity contribution >= 4 is 45.2 Å². The smallest absolute Gasteiger partial charge is 0.134 e. The van der Waals surface area contributed by atoms with Crippen molar-refractivity contribution in [1.29, 1.82) is 5.26 Å². The van der Waals surface area contributed by atoms with Crippen LogP contribution in [-0.4, -0.2) is 6.21 Å². The molecule has 0 fully saturated rings. The summed E-state index contributed by atoms with van der Waals surface area (Å²) in [5, 5.41) is 12.7. The Kier molecular flexibility index (Phi) is 5.07. The van der Waals surface area contributed by atoms with E-state index < -0.39 is 0 Å². The van der Waals surface area contributed by atoms with Crippen LogP contribution in [0.15, 0.2) is 34.6 Å². The molecule has 3 aromatic heterocycles. The van der Waals surface area contributed by atoms with Crippen molar-refractivity contribution in [3.63, 3.8) is 0 Å². The van der Waals surface area contributed by atoms with Crippen molar-refractivity contribution in [3.05, 3.63) is 50.5 Å². The lowest BCUT2D eigenvalue weighted by atomic mass is 9.72. The van der Waals surface area contributed by atoms with Crippen LogP contribution in [0.1, 0.15) is 48.1 Å². The minimum atomic E-state index is 0.313. The van der Waals surface area contributed by atoms with E-state index in [0.717, 1.165) is 28.3 Å². The summed E-state index contributed by atoms with van der Waals surface area (Å²) < 4.78 is 0. The minimum absolute atomic E-state index is 0.313. The van der Waals surface area contributed by atoms with E-state index >= 15 is 0 Å². The number of hydrogen-bond acceptors (Lipinski definition) is 5. The number of aliphatic imine (C=N–C) groups is 1. The molecule has 5 heteroatoms. The molecule has 0 saturated carbocycles. The van der Waals surface area contributed by atoms with Gasteiger partial charge in [-0.3, -0.25) is 0 Å². The van der Waals surface area contributed by atoms with Gasteiger partial charge < -0.3 is 0 Å². The lowest BCUT2D eigenvalue weighted by Gasteiger charge is -2.33. The van der Waals surface area contributed by atoms with E-state index in [0.29, 0.717) is 11.3 Å². The normalized spacial score (nSPS) is 17.2. The van der Waals surface area contributed by atoms with Gasteiger partial charge in [0.05, 0.1) is 5.56 Å². The molecule has 0 amide bonds. The number of hydrogen-bond donors (Lipinski definition) is 0. The van der Waals surface area contributed by atoms with E-state index in [1.807, 2.05) is 6.21 Å². The van der Waals surface area contributed by atoms with E-state index in [4.69, 9.17) is 4.99 Å². The Labute approximate surface area is 172 Å². The van der Waals surface area contributed by atoms with Crippen LogP contribution in [0.4, 0.5) is 5.00 Å². The first-order chi connectivity index (χ1) is 13.0. The van der Waals surface area contributed by atoms with E-state index in [-0.39, 0.29) is 0 Å². The highest BCUT2D eigenvalue weighted by molar-refractivity contribution is 7.22. The molecule has 1 aliphatic rings. The van der Waals surface area contributed by atoms with Crippen molar-refractivity contribution in [2.75, 3.05) is 0 Å². The molecule has 1 aliphatic carbocycles. The van der Waals surface area contributed by atoms with E-state index in [1.54, 1.807) is 34.0 Å². The second kappa shape index (κ2) is 7.35. The lowest BCUT2D eigenvalue weighted by molar-refractivity contribution is 0.218. The lowest BCUT2D eigenvalue weighted by Crippen LogP contribution is -2.26. The highest BCUT2D eigenvalue weighted by atomic mass is 32.1. The van der Waals surface area contributed by atoms with Crippen molar-refractivity contribution < 1.29 is 0 Å². The summed E-state index contributed by atoms with van der Waals surface area (Å²) in [7, 11) is 0. The van der Waals surface area contributed by atoms with Gasteiger partial charge in [0.2, 0.25) is 0 Å². The summed E-state index contributed by atoms with van der Waals surface area (Å²) in [6, 6.07) is 10.9. The topological polar surface area (TPSA) is 36.1 Å². The van der Waals surface area contributed by atoms with Crippen LogP contribution < -0.4 is 0 Å². The Morgan fingerprint density at radius 2 is 2.04 bits per heavy atom. The predicted molar refractivity (Wildman–Crippen MR) is 119 cm³/mol. The maximum absolute atomic E-state index is 9.70. The molecule has 1 atom stereocenters. The van der Waals surface area contributed by atoms with Gasteiger partial charge >= 0.3 is 0 Å². The average Bonchev–Trinajstić information content (AvgIpc) is 3.36. The van der Waals surface area contributed by atoms with Crippen LogP contribution in [0.25, 0.3) is 9.75 Å². The zero-order valence-corrected chi connectivity index (χ0v) is 18.2. The van der Waals surface area contributed by atoms with Gasteiger partial charge in [0.25, 0.3) is 0 Å². The molecule has 0 bridgehead atoms. The Morgan fingerprint density at radius 3 is 2.74 bits per heavy atom. The first-order valence-electron chi connectivity index (χ1n) is 9.18. The van der Waals surface area contributed by atoms with Crippen molar-refractivity contribution in [2.45, 2.75) is 40.0 Å².